The van der Waals surface area contributed by atoms with Gasteiger partial charge in [0.15, 0.2) is 0 Å². The number of aliphatic hydroxyl groups is 1. The molecule has 62 valence electrons. The first-order valence-electron chi connectivity index (χ1n) is 3.90. The summed E-state index contributed by atoms with van der Waals surface area (Å²) in [6.07, 6.45) is 4.85. The molecule has 0 aliphatic rings. The molecule has 0 saturated heterocycles. The molecule has 0 radical (unpaired) electrons. The fourth-order valence-electron chi connectivity index (χ4n) is 1.11. The van der Waals surface area contributed by atoms with Gasteiger partial charge >= 0.3 is 0 Å². The van der Waals surface area contributed by atoms with Gasteiger partial charge in [-0.15, -0.1) is 0 Å². The van der Waals surface area contributed by atoms with Gasteiger partial charge in [0.25, 0.3) is 0 Å². The topological polar surface area (TPSA) is 38.1 Å². The van der Waals surface area contributed by atoms with E-state index >= 15 is 0 Å². The fourth-order valence-corrected chi connectivity index (χ4v) is 1.11. The van der Waals surface area contributed by atoms with Crippen molar-refractivity contribution in [3.63, 3.8) is 0 Å². The Labute approximate surface area is 66.7 Å². The number of imidazole rings is 1. The highest BCUT2D eigenvalue weighted by Gasteiger charge is 2.08. The molecule has 0 aromatic carbocycles. The van der Waals surface area contributed by atoms with Crippen molar-refractivity contribution < 1.29 is 5.11 Å². The number of hydrogen-bond donors (Lipinski definition) is 1. The summed E-state index contributed by atoms with van der Waals surface area (Å²) in [6, 6.07) is 0. The Kier molecular flexibility index (Phi) is 2.65. The molecule has 1 aromatic heterocycles. The Bertz CT molecular complexity index is 220. The summed E-state index contributed by atoms with van der Waals surface area (Å²) >= 11 is 0. The molecule has 0 amide bonds. The van der Waals surface area contributed by atoms with Crippen LogP contribution in [0.1, 0.15) is 31.6 Å². The van der Waals surface area contributed by atoms with E-state index in [0.29, 0.717) is 0 Å². The van der Waals surface area contributed by atoms with E-state index in [4.69, 9.17) is 0 Å². The summed E-state index contributed by atoms with van der Waals surface area (Å²) in [7, 11) is 1.89. The maximum absolute atomic E-state index is 9.53. The van der Waals surface area contributed by atoms with Gasteiger partial charge in [0.05, 0.1) is 24.3 Å². The zero-order valence-electron chi connectivity index (χ0n) is 6.99. The van der Waals surface area contributed by atoms with Crippen LogP contribution in [0.4, 0.5) is 0 Å². The third-order valence-corrected chi connectivity index (χ3v) is 1.76. The zero-order valence-corrected chi connectivity index (χ0v) is 6.99. The lowest BCUT2D eigenvalue weighted by Gasteiger charge is -2.08. The van der Waals surface area contributed by atoms with E-state index in [2.05, 4.69) is 11.9 Å². The molecule has 3 nitrogen and oxygen atoms in total. The Morgan fingerprint density at radius 2 is 2.45 bits per heavy atom. The molecule has 1 heterocycles. The summed E-state index contributed by atoms with van der Waals surface area (Å²) < 4.78 is 1.85. The molecule has 1 atom stereocenters. The highest BCUT2D eigenvalue weighted by atomic mass is 16.3. The lowest BCUT2D eigenvalue weighted by atomic mass is 10.1. The number of aryl methyl sites for hydroxylation is 1. The molecular weight excluding hydrogens is 140 g/mol. The van der Waals surface area contributed by atoms with Crippen LogP contribution in [-0.2, 0) is 7.05 Å². The molecular formula is C8H14N2O. The van der Waals surface area contributed by atoms with Crippen molar-refractivity contribution in [2.75, 3.05) is 0 Å². The smallest absolute Gasteiger partial charge is 0.0955 e. The number of rotatable bonds is 3. The first-order valence-corrected chi connectivity index (χ1v) is 3.90. The van der Waals surface area contributed by atoms with Crippen LogP contribution >= 0.6 is 0 Å². The highest BCUT2D eigenvalue weighted by Crippen LogP contribution is 2.15. The van der Waals surface area contributed by atoms with Gasteiger partial charge < -0.3 is 9.67 Å². The lowest BCUT2D eigenvalue weighted by molar-refractivity contribution is 0.158. The fraction of sp³-hybridized carbons (Fsp3) is 0.625. The molecule has 1 rings (SSSR count). The quantitative estimate of drug-likeness (QED) is 0.711. The molecule has 0 aliphatic heterocycles. The third kappa shape index (κ3) is 1.80. The lowest BCUT2D eigenvalue weighted by Crippen LogP contribution is -2.02. The minimum absolute atomic E-state index is 0.354. The summed E-state index contributed by atoms with van der Waals surface area (Å²) in [6.45, 7) is 2.06. The molecule has 3 heteroatoms. The molecule has 1 aromatic rings. The summed E-state index contributed by atoms with van der Waals surface area (Å²) in [5, 5.41) is 9.53. The molecule has 0 unspecified atom stereocenters. The second-order valence-corrected chi connectivity index (χ2v) is 2.73. The van der Waals surface area contributed by atoms with Gasteiger partial charge in [-0.3, -0.25) is 0 Å². The van der Waals surface area contributed by atoms with Gasteiger partial charge in [0.1, 0.15) is 0 Å². The van der Waals surface area contributed by atoms with Crippen LogP contribution in [-0.4, -0.2) is 14.7 Å². The van der Waals surface area contributed by atoms with Gasteiger partial charge in [0.2, 0.25) is 0 Å². The van der Waals surface area contributed by atoms with Crippen molar-refractivity contribution in [3.05, 3.63) is 18.2 Å². The van der Waals surface area contributed by atoms with Gasteiger partial charge in [0, 0.05) is 7.05 Å². The highest BCUT2D eigenvalue weighted by molar-refractivity contribution is 5.01. The van der Waals surface area contributed by atoms with Crippen molar-refractivity contribution in [1.29, 1.82) is 0 Å². The van der Waals surface area contributed by atoms with Gasteiger partial charge in [-0.1, -0.05) is 13.3 Å². The number of hydrogen-bond acceptors (Lipinski definition) is 2. The van der Waals surface area contributed by atoms with Crippen LogP contribution in [0.15, 0.2) is 12.5 Å². The summed E-state index contributed by atoms with van der Waals surface area (Å²) in [5.41, 5.74) is 0.895. The largest absolute Gasteiger partial charge is 0.387 e. The average Bonchev–Trinajstić information content (AvgIpc) is 2.36. The van der Waals surface area contributed by atoms with Crippen LogP contribution in [0.2, 0.25) is 0 Å². The number of aliphatic hydroxyl groups excluding tert-OH is 1. The Hall–Kier alpha value is -0.830. The van der Waals surface area contributed by atoms with Crippen LogP contribution in [0, 0.1) is 0 Å². The Morgan fingerprint density at radius 1 is 1.73 bits per heavy atom. The van der Waals surface area contributed by atoms with Crippen molar-refractivity contribution in [2.24, 2.45) is 7.05 Å². The van der Waals surface area contributed by atoms with E-state index < -0.39 is 0 Å². The molecule has 0 aliphatic carbocycles. The van der Waals surface area contributed by atoms with Crippen LogP contribution in [0.25, 0.3) is 0 Å². The standard InChI is InChI=1S/C8H14N2O/c1-3-4-8(11)7-5-9-6-10(7)2/h5-6,8,11H,3-4H2,1-2H3/t8-/m1/s1. The Morgan fingerprint density at radius 3 is 2.91 bits per heavy atom. The molecule has 1 N–H and O–H groups in total. The molecule has 0 bridgehead atoms. The summed E-state index contributed by atoms with van der Waals surface area (Å²) in [5.74, 6) is 0. The SMILES string of the molecule is CCC[C@@H](O)c1cncn1C. The van der Waals surface area contributed by atoms with E-state index in [9.17, 15) is 5.11 Å². The minimum Gasteiger partial charge on any atom is -0.387 e. The third-order valence-electron chi connectivity index (χ3n) is 1.76. The van der Waals surface area contributed by atoms with E-state index in [-0.39, 0.29) is 6.10 Å². The van der Waals surface area contributed by atoms with E-state index in [0.717, 1.165) is 18.5 Å². The van der Waals surface area contributed by atoms with Gasteiger partial charge in [-0.05, 0) is 6.42 Å². The molecule has 0 fully saturated rings. The second kappa shape index (κ2) is 3.53. The molecule has 0 saturated carbocycles. The first kappa shape index (κ1) is 8.27. The van der Waals surface area contributed by atoms with E-state index in [1.165, 1.54) is 0 Å². The average molecular weight is 154 g/mol. The van der Waals surface area contributed by atoms with E-state index in [1.54, 1.807) is 12.5 Å². The van der Waals surface area contributed by atoms with Crippen molar-refractivity contribution in [2.45, 2.75) is 25.9 Å². The van der Waals surface area contributed by atoms with Crippen molar-refractivity contribution in [1.82, 2.24) is 9.55 Å². The predicted molar refractivity (Wildman–Crippen MR) is 43.1 cm³/mol. The number of aromatic nitrogens is 2. The van der Waals surface area contributed by atoms with Crippen molar-refractivity contribution in [3.8, 4) is 0 Å². The monoisotopic (exact) mass is 154 g/mol. The Balaban J connectivity index is 2.67. The van der Waals surface area contributed by atoms with E-state index in [1.807, 2.05) is 11.6 Å². The van der Waals surface area contributed by atoms with Gasteiger partial charge in [-0.25, -0.2) is 4.98 Å². The molecule has 11 heavy (non-hydrogen) atoms. The zero-order chi connectivity index (χ0) is 8.27. The van der Waals surface area contributed by atoms with Crippen LogP contribution in [0.3, 0.4) is 0 Å². The van der Waals surface area contributed by atoms with Crippen LogP contribution in [0.5, 0.6) is 0 Å². The number of nitrogens with zero attached hydrogens (tertiary/aromatic N) is 2. The summed E-state index contributed by atoms with van der Waals surface area (Å²) in [4.78, 5) is 3.93. The normalized spacial score (nSPS) is 13.4. The molecule has 0 spiro atoms. The minimum atomic E-state index is -0.354. The van der Waals surface area contributed by atoms with Crippen molar-refractivity contribution >= 4 is 0 Å². The maximum atomic E-state index is 9.53. The first-order chi connectivity index (χ1) is 5.25. The second-order valence-electron chi connectivity index (χ2n) is 2.73. The van der Waals surface area contributed by atoms with Crippen LogP contribution < -0.4 is 0 Å². The maximum Gasteiger partial charge on any atom is 0.0955 e. The van der Waals surface area contributed by atoms with Gasteiger partial charge in [-0.2, -0.15) is 0 Å². The predicted octanol–water partition coefficient (Wildman–Crippen LogP) is 1.25.